The number of likely N-dealkylation sites (tertiary alicyclic amines) is 1. The molecule has 0 spiro atoms. The molecule has 1 aromatic heterocycles. The maximum Gasteiger partial charge on any atom is 0.279 e. The first kappa shape index (κ1) is 27.8. The Hall–Kier alpha value is -3.77. The second-order valence-electron chi connectivity index (χ2n) is 10.1. The lowest BCUT2D eigenvalue weighted by Gasteiger charge is -2.40. The molecule has 2 aromatic carbocycles. The second kappa shape index (κ2) is 11.8. The van der Waals surface area contributed by atoms with Crippen LogP contribution in [0.15, 0.2) is 64.7 Å². The van der Waals surface area contributed by atoms with Gasteiger partial charge in [-0.05, 0) is 30.0 Å². The Labute approximate surface area is 236 Å². The summed E-state index contributed by atoms with van der Waals surface area (Å²) >= 11 is 1.47. The number of amides is 1. The predicted octanol–water partition coefficient (Wildman–Crippen LogP) is 3.21. The third kappa shape index (κ3) is 5.87. The lowest BCUT2D eigenvalue weighted by Crippen LogP contribution is -2.53. The van der Waals surface area contributed by atoms with Gasteiger partial charge in [-0.3, -0.25) is 20.0 Å². The number of aliphatic hydroxyl groups is 1. The van der Waals surface area contributed by atoms with Crippen molar-refractivity contribution in [1.29, 1.82) is 5.41 Å². The molecule has 1 amide bonds. The van der Waals surface area contributed by atoms with Crippen LogP contribution in [-0.4, -0.2) is 70.1 Å². The topological polar surface area (TPSA) is 131 Å². The van der Waals surface area contributed by atoms with Gasteiger partial charge >= 0.3 is 0 Å². The Balaban J connectivity index is 1.22. The zero-order chi connectivity index (χ0) is 28.3. The van der Waals surface area contributed by atoms with Crippen molar-refractivity contribution in [2.75, 3.05) is 26.7 Å². The molecule has 1 fully saturated rings. The van der Waals surface area contributed by atoms with Crippen molar-refractivity contribution in [2.45, 2.75) is 31.5 Å². The summed E-state index contributed by atoms with van der Waals surface area (Å²) in [6.07, 6.45) is 3.92. The molecule has 0 unspecified atom stereocenters. The number of carbonyl (C=O) groups excluding carboxylic acids is 1. The van der Waals surface area contributed by atoms with Crippen molar-refractivity contribution < 1.29 is 14.3 Å². The number of thiazole rings is 1. The first-order valence-electron chi connectivity index (χ1n) is 13.1. The van der Waals surface area contributed by atoms with Crippen molar-refractivity contribution in [3.8, 4) is 10.6 Å². The van der Waals surface area contributed by atoms with Gasteiger partial charge in [-0.15, -0.1) is 11.3 Å². The summed E-state index contributed by atoms with van der Waals surface area (Å²) in [5, 5.41) is 25.5. The lowest BCUT2D eigenvalue weighted by atomic mass is 9.90. The molecule has 208 valence electrons. The van der Waals surface area contributed by atoms with Gasteiger partial charge in [-0.25, -0.2) is 14.4 Å². The number of nitrogens with zero attached hydrogens (tertiary/aromatic N) is 4. The molecule has 2 aliphatic heterocycles. The number of nitrogens with one attached hydrogen (secondary N) is 2. The Morgan fingerprint density at radius 2 is 1.98 bits per heavy atom. The van der Waals surface area contributed by atoms with Crippen molar-refractivity contribution >= 4 is 35.0 Å². The van der Waals surface area contributed by atoms with Crippen LogP contribution in [0.4, 0.5) is 4.39 Å². The van der Waals surface area contributed by atoms with E-state index in [1.165, 1.54) is 28.6 Å². The maximum absolute atomic E-state index is 14.8. The summed E-state index contributed by atoms with van der Waals surface area (Å²) in [6, 6.07) is 12.7. The highest BCUT2D eigenvalue weighted by molar-refractivity contribution is 7.13. The molecule has 3 heterocycles. The second-order valence-corrected chi connectivity index (χ2v) is 11.0. The number of piperidine rings is 1. The van der Waals surface area contributed by atoms with Crippen LogP contribution in [0.5, 0.6) is 0 Å². The summed E-state index contributed by atoms with van der Waals surface area (Å²) in [6.45, 7) is 1.99. The van der Waals surface area contributed by atoms with Crippen LogP contribution in [0.3, 0.4) is 0 Å². The fourth-order valence-electron chi connectivity index (χ4n) is 5.02. The number of benzene rings is 2. The number of hydrogen-bond donors (Lipinski definition) is 4. The molecule has 5 N–H and O–H groups in total. The fourth-order valence-corrected chi connectivity index (χ4v) is 5.65. The first-order valence-corrected chi connectivity index (χ1v) is 14.0. The van der Waals surface area contributed by atoms with Crippen LogP contribution in [0.2, 0.25) is 0 Å². The van der Waals surface area contributed by atoms with E-state index in [0.717, 1.165) is 21.7 Å². The average Bonchev–Trinajstić information content (AvgIpc) is 3.51. The Morgan fingerprint density at radius 3 is 2.60 bits per heavy atom. The number of nitrogens with two attached hydrogens (primary N) is 1. The van der Waals surface area contributed by atoms with E-state index < -0.39 is 11.5 Å². The number of hydrogen-bond acceptors (Lipinski definition) is 9. The summed E-state index contributed by atoms with van der Waals surface area (Å²) in [5.74, 6) is -0.795. The zero-order valence-electron chi connectivity index (χ0n) is 22.2. The van der Waals surface area contributed by atoms with Crippen molar-refractivity contribution in [3.63, 3.8) is 0 Å². The molecule has 1 saturated heterocycles. The molecular formula is C29H32FN7O2S. The van der Waals surface area contributed by atoms with E-state index in [2.05, 4.69) is 20.2 Å². The van der Waals surface area contributed by atoms with Gasteiger partial charge in [0.15, 0.2) is 0 Å². The molecule has 0 radical (unpaired) electrons. The molecule has 0 aliphatic carbocycles. The largest absolute Gasteiger partial charge is 0.388 e. The molecular weight excluding hydrogens is 529 g/mol. The minimum absolute atomic E-state index is 0.0375. The van der Waals surface area contributed by atoms with Crippen molar-refractivity contribution in [2.24, 2.45) is 10.7 Å². The van der Waals surface area contributed by atoms with Crippen LogP contribution in [-0.2, 0) is 17.9 Å². The van der Waals surface area contributed by atoms with Crippen LogP contribution in [0.25, 0.3) is 16.3 Å². The van der Waals surface area contributed by atoms with E-state index in [1.807, 2.05) is 35.7 Å². The highest BCUT2D eigenvalue weighted by Crippen LogP contribution is 2.28. The molecule has 5 rings (SSSR count). The molecule has 0 atom stereocenters. The lowest BCUT2D eigenvalue weighted by molar-refractivity contribution is -0.124. The number of rotatable bonds is 8. The van der Waals surface area contributed by atoms with Gasteiger partial charge in [0.05, 0.1) is 24.2 Å². The van der Waals surface area contributed by atoms with Gasteiger partial charge in [0.2, 0.25) is 0 Å². The number of carbonyl (C=O) groups is 1. The minimum atomic E-state index is -1.13. The van der Waals surface area contributed by atoms with E-state index in [1.54, 1.807) is 19.3 Å². The number of aromatic nitrogens is 1. The number of halogens is 1. The van der Waals surface area contributed by atoms with Crippen LogP contribution in [0.1, 0.15) is 29.5 Å². The van der Waals surface area contributed by atoms with Crippen LogP contribution < -0.4 is 11.1 Å². The maximum atomic E-state index is 14.8. The third-order valence-electron chi connectivity index (χ3n) is 7.38. The van der Waals surface area contributed by atoms with Gasteiger partial charge in [0.25, 0.3) is 5.91 Å². The molecule has 11 heteroatoms. The highest BCUT2D eigenvalue weighted by atomic mass is 32.1. The standard InChI is InChI=1S/C29H32FN7O2S/c1-33-25(20-4-2-19(15-31)3-5-20)26-24(32)28(38)37(18-35-26)17-29(39)8-11-36(12-9-29)16-22-7-6-21(14-23(22)30)27-34-10-13-40-27/h2-7,10,13-14,18,32-33,39H,8-9,11-12,15-17,31H2,1H3/b26-25+,32-24?. The quantitative estimate of drug-likeness (QED) is 0.334. The first-order chi connectivity index (χ1) is 19.3. The number of aliphatic imine (C=N–C) groups is 1. The Bertz CT molecular complexity index is 1450. The van der Waals surface area contributed by atoms with E-state index in [9.17, 15) is 14.3 Å². The van der Waals surface area contributed by atoms with E-state index in [4.69, 9.17) is 11.1 Å². The summed E-state index contributed by atoms with van der Waals surface area (Å²) in [7, 11) is 1.72. The van der Waals surface area contributed by atoms with Gasteiger partial charge in [0, 0.05) is 55.9 Å². The molecule has 40 heavy (non-hydrogen) atoms. The predicted molar refractivity (Wildman–Crippen MR) is 155 cm³/mol. The smallest absolute Gasteiger partial charge is 0.279 e. The van der Waals surface area contributed by atoms with Crippen molar-refractivity contribution in [1.82, 2.24) is 20.1 Å². The summed E-state index contributed by atoms with van der Waals surface area (Å²) in [5.41, 5.74) is 8.24. The average molecular weight is 562 g/mol. The van der Waals surface area contributed by atoms with E-state index >= 15 is 0 Å². The zero-order valence-corrected chi connectivity index (χ0v) is 23.0. The van der Waals surface area contributed by atoms with Crippen LogP contribution in [0, 0.1) is 11.2 Å². The molecule has 3 aromatic rings. The SMILES string of the molecule is CN/C(=C1/N=CN(CC2(O)CCN(Cc3ccc(-c4nccs4)cc3F)CC2)C(=O)C1=N)c1ccc(CN)cc1. The van der Waals surface area contributed by atoms with Gasteiger partial charge in [0.1, 0.15) is 22.2 Å². The molecule has 9 nitrogen and oxygen atoms in total. The third-order valence-corrected chi connectivity index (χ3v) is 8.20. The van der Waals surface area contributed by atoms with Crippen LogP contribution >= 0.6 is 11.3 Å². The fraction of sp³-hybridized carbons (Fsp3) is 0.310. The molecule has 0 saturated carbocycles. The van der Waals surface area contributed by atoms with E-state index in [-0.39, 0.29) is 23.8 Å². The highest BCUT2D eigenvalue weighted by Gasteiger charge is 2.38. The minimum Gasteiger partial charge on any atom is -0.388 e. The van der Waals surface area contributed by atoms with Gasteiger partial charge < -0.3 is 16.2 Å². The summed E-state index contributed by atoms with van der Waals surface area (Å²) < 4.78 is 14.8. The van der Waals surface area contributed by atoms with Gasteiger partial charge in [-0.2, -0.15) is 0 Å². The number of β-amino-alcohol motifs (C(OH)–C–C–N with tert-alkyl or cyclic N) is 1. The Morgan fingerprint density at radius 1 is 1.23 bits per heavy atom. The monoisotopic (exact) mass is 561 g/mol. The van der Waals surface area contributed by atoms with E-state index in [0.29, 0.717) is 50.3 Å². The summed E-state index contributed by atoms with van der Waals surface area (Å²) in [4.78, 5) is 25.2. The Kier molecular flexibility index (Phi) is 8.17. The molecule has 2 aliphatic rings. The van der Waals surface area contributed by atoms with Gasteiger partial charge in [-0.1, -0.05) is 36.4 Å². The normalized spacial score (nSPS) is 18.8. The van der Waals surface area contributed by atoms with Crippen molar-refractivity contribution in [3.05, 3.63) is 82.2 Å². The molecule has 0 bridgehead atoms.